The SMILES string of the molecule is CC(C)C12CN3CC(C(C)C)(CN(C1)C3c1ccc(OCc3ccccc3)cc1)C2=O. The number of rotatable bonds is 6. The summed E-state index contributed by atoms with van der Waals surface area (Å²) < 4.78 is 5.99. The lowest BCUT2D eigenvalue weighted by Crippen LogP contribution is -2.78. The first kappa shape index (κ1) is 20.7. The highest BCUT2D eigenvalue weighted by Crippen LogP contribution is 2.57. The normalized spacial score (nSPS) is 34.0. The third kappa shape index (κ3) is 3.15. The number of carbonyl (C=O) groups excluding carboxylic acids is 1. The lowest BCUT2D eigenvalue weighted by molar-refractivity contribution is -0.217. The van der Waals surface area contributed by atoms with Gasteiger partial charge in [0.1, 0.15) is 12.4 Å². The minimum atomic E-state index is -0.226. The van der Waals surface area contributed by atoms with E-state index in [0.717, 1.165) is 31.9 Å². The number of hydrogen-bond donors (Lipinski definition) is 0. The van der Waals surface area contributed by atoms with Crippen molar-refractivity contribution in [3.8, 4) is 5.75 Å². The molecule has 0 spiro atoms. The highest BCUT2D eigenvalue weighted by Gasteiger charge is 2.67. The van der Waals surface area contributed by atoms with Crippen LogP contribution in [-0.4, -0.2) is 41.8 Å². The summed E-state index contributed by atoms with van der Waals surface area (Å²) in [5.41, 5.74) is 2.02. The smallest absolute Gasteiger partial charge is 0.150 e. The van der Waals surface area contributed by atoms with Gasteiger partial charge >= 0.3 is 0 Å². The van der Waals surface area contributed by atoms with E-state index in [1.807, 2.05) is 18.2 Å². The van der Waals surface area contributed by atoms with E-state index in [9.17, 15) is 4.79 Å². The fourth-order valence-corrected chi connectivity index (χ4v) is 6.17. The summed E-state index contributed by atoms with van der Waals surface area (Å²) in [6.45, 7) is 13.0. The number of carbonyl (C=O) groups is 1. The molecule has 4 aliphatic heterocycles. The number of ketones is 1. The average Bonchev–Trinajstić information content (AvgIpc) is 2.76. The monoisotopic (exact) mass is 418 g/mol. The summed E-state index contributed by atoms with van der Waals surface area (Å²) in [4.78, 5) is 18.9. The van der Waals surface area contributed by atoms with E-state index in [0.29, 0.717) is 24.2 Å². The Hall–Kier alpha value is -2.17. The summed E-state index contributed by atoms with van der Waals surface area (Å²) in [5.74, 6) is 2.14. The van der Waals surface area contributed by atoms with E-state index in [4.69, 9.17) is 4.74 Å². The molecule has 4 fully saturated rings. The van der Waals surface area contributed by atoms with Gasteiger partial charge in [-0.1, -0.05) is 70.2 Å². The standard InChI is InChI=1S/C27H34N2O2/c1-19(2)26-15-28-17-27(20(3)4,25(26)30)18-29(16-26)24(28)22-10-12-23(13-11-22)31-14-21-8-6-5-7-9-21/h5-13,19-20,24H,14-18H2,1-4H3. The molecule has 0 aliphatic carbocycles. The minimum Gasteiger partial charge on any atom is -0.489 e. The Balaban J connectivity index is 1.37. The molecule has 4 bridgehead atoms. The van der Waals surface area contributed by atoms with E-state index >= 15 is 0 Å². The number of benzene rings is 2. The zero-order valence-corrected chi connectivity index (χ0v) is 19.2. The third-order valence-corrected chi connectivity index (χ3v) is 8.17. The lowest BCUT2D eigenvalue weighted by atomic mass is 9.53. The molecule has 4 heterocycles. The van der Waals surface area contributed by atoms with Crippen molar-refractivity contribution in [2.75, 3.05) is 26.2 Å². The van der Waals surface area contributed by atoms with E-state index in [1.54, 1.807) is 0 Å². The first-order valence-corrected chi connectivity index (χ1v) is 11.7. The molecule has 31 heavy (non-hydrogen) atoms. The van der Waals surface area contributed by atoms with Crippen molar-refractivity contribution in [3.05, 3.63) is 65.7 Å². The van der Waals surface area contributed by atoms with E-state index in [1.165, 1.54) is 11.1 Å². The Morgan fingerprint density at radius 1 is 0.839 bits per heavy atom. The number of Topliss-reactive ketones (excluding diaryl/α,β-unsaturated/α-hetero) is 1. The Kier molecular flexibility index (Phi) is 4.98. The maximum absolute atomic E-state index is 13.7. The predicted molar refractivity (Wildman–Crippen MR) is 123 cm³/mol. The number of piperidine rings is 2. The van der Waals surface area contributed by atoms with E-state index in [-0.39, 0.29) is 17.0 Å². The van der Waals surface area contributed by atoms with Gasteiger partial charge in [0.05, 0.1) is 17.0 Å². The fraction of sp³-hybridized carbons (Fsp3) is 0.519. The van der Waals surface area contributed by atoms with Crippen LogP contribution < -0.4 is 4.74 Å². The van der Waals surface area contributed by atoms with Gasteiger partial charge in [-0.25, -0.2) is 0 Å². The first-order valence-electron chi connectivity index (χ1n) is 11.7. The molecule has 4 heteroatoms. The van der Waals surface area contributed by atoms with Crippen LogP contribution in [0.2, 0.25) is 0 Å². The van der Waals surface area contributed by atoms with Gasteiger partial charge in [-0.15, -0.1) is 0 Å². The molecular formula is C27H34N2O2. The summed E-state index contributed by atoms with van der Waals surface area (Å²) in [7, 11) is 0. The zero-order valence-electron chi connectivity index (χ0n) is 19.2. The van der Waals surface area contributed by atoms with Crippen molar-refractivity contribution in [2.45, 2.75) is 40.5 Å². The van der Waals surface area contributed by atoms with Crippen LogP contribution in [-0.2, 0) is 11.4 Å². The minimum absolute atomic E-state index is 0.226. The topological polar surface area (TPSA) is 32.8 Å². The summed E-state index contributed by atoms with van der Waals surface area (Å²) in [6, 6.07) is 18.9. The largest absolute Gasteiger partial charge is 0.489 e. The van der Waals surface area contributed by atoms with Gasteiger partial charge in [0.25, 0.3) is 0 Å². The van der Waals surface area contributed by atoms with Crippen molar-refractivity contribution in [3.63, 3.8) is 0 Å². The second-order valence-electron chi connectivity index (χ2n) is 10.5. The summed E-state index contributed by atoms with van der Waals surface area (Å²) >= 11 is 0. The van der Waals surface area contributed by atoms with E-state index in [2.05, 4.69) is 73.9 Å². The molecule has 4 aliphatic rings. The number of nitrogens with zero attached hydrogens (tertiary/aromatic N) is 2. The van der Waals surface area contributed by atoms with Crippen molar-refractivity contribution in [1.82, 2.24) is 9.80 Å². The van der Waals surface area contributed by atoms with Crippen LogP contribution in [0.3, 0.4) is 0 Å². The van der Waals surface area contributed by atoms with Gasteiger partial charge in [0.2, 0.25) is 0 Å². The van der Waals surface area contributed by atoms with Crippen LogP contribution in [0.15, 0.2) is 54.6 Å². The van der Waals surface area contributed by atoms with Gasteiger partial charge in [0.15, 0.2) is 5.78 Å². The molecule has 0 N–H and O–H groups in total. The molecule has 6 rings (SSSR count). The summed E-state index contributed by atoms with van der Waals surface area (Å²) in [6.07, 6.45) is 0.259. The quantitative estimate of drug-likeness (QED) is 0.677. The molecule has 0 aromatic heterocycles. The maximum Gasteiger partial charge on any atom is 0.150 e. The van der Waals surface area contributed by atoms with Crippen LogP contribution in [0.5, 0.6) is 5.75 Å². The fourth-order valence-electron chi connectivity index (χ4n) is 6.17. The zero-order chi connectivity index (χ0) is 21.8. The predicted octanol–water partition coefficient (Wildman–Crippen LogP) is 4.76. The highest BCUT2D eigenvalue weighted by molar-refractivity contribution is 5.94. The number of hydrogen-bond acceptors (Lipinski definition) is 4. The Morgan fingerprint density at radius 2 is 1.35 bits per heavy atom. The van der Waals surface area contributed by atoms with Crippen LogP contribution in [0.25, 0.3) is 0 Å². The summed E-state index contributed by atoms with van der Waals surface area (Å²) in [5, 5.41) is 0. The van der Waals surface area contributed by atoms with Crippen LogP contribution in [0, 0.1) is 22.7 Å². The molecule has 0 saturated carbocycles. The molecule has 164 valence electrons. The van der Waals surface area contributed by atoms with Crippen LogP contribution >= 0.6 is 0 Å². The molecule has 4 saturated heterocycles. The molecule has 0 unspecified atom stereocenters. The molecule has 0 radical (unpaired) electrons. The second-order valence-corrected chi connectivity index (χ2v) is 10.5. The van der Waals surface area contributed by atoms with Crippen molar-refractivity contribution >= 4 is 5.78 Å². The van der Waals surface area contributed by atoms with Crippen LogP contribution in [0.4, 0.5) is 0 Å². The maximum atomic E-state index is 13.7. The van der Waals surface area contributed by atoms with Crippen LogP contribution in [0.1, 0.15) is 45.0 Å². The third-order valence-electron chi connectivity index (χ3n) is 8.17. The highest BCUT2D eigenvalue weighted by atomic mass is 16.5. The van der Waals surface area contributed by atoms with Crippen molar-refractivity contribution in [2.24, 2.45) is 22.7 Å². The molecule has 0 amide bonds. The Morgan fingerprint density at radius 3 is 1.84 bits per heavy atom. The average molecular weight is 419 g/mol. The first-order chi connectivity index (χ1) is 14.9. The van der Waals surface area contributed by atoms with Gasteiger partial charge in [-0.05, 0) is 35.1 Å². The lowest BCUT2D eigenvalue weighted by Gasteiger charge is -2.68. The molecule has 4 nitrogen and oxygen atoms in total. The molecular weight excluding hydrogens is 384 g/mol. The van der Waals surface area contributed by atoms with Crippen molar-refractivity contribution in [1.29, 1.82) is 0 Å². The van der Waals surface area contributed by atoms with E-state index < -0.39 is 0 Å². The Labute approximate surface area is 186 Å². The van der Waals surface area contributed by atoms with Gasteiger partial charge in [0, 0.05) is 26.2 Å². The molecule has 0 atom stereocenters. The second kappa shape index (κ2) is 7.46. The number of ether oxygens (including phenoxy) is 1. The molecule has 2 aromatic carbocycles. The molecule has 2 aromatic rings. The van der Waals surface area contributed by atoms with Gasteiger partial charge in [-0.2, -0.15) is 0 Å². The van der Waals surface area contributed by atoms with Gasteiger partial charge < -0.3 is 4.74 Å². The Bertz CT molecular complexity index is 905. The van der Waals surface area contributed by atoms with Gasteiger partial charge in [-0.3, -0.25) is 14.6 Å². The van der Waals surface area contributed by atoms with Crippen molar-refractivity contribution < 1.29 is 9.53 Å².